The SMILES string of the molecule is CCC1CCCCCN1CCC(N)C(N)=O. The van der Waals surface area contributed by atoms with Crippen LogP contribution in [0.3, 0.4) is 0 Å². The summed E-state index contributed by atoms with van der Waals surface area (Å²) >= 11 is 0. The second-order valence-electron chi connectivity index (χ2n) is 4.74. The third-order valence-electron chi connectivity index (χ3n) is 3.56. The highest BCUT2D eigenvalue weighted by Crippen LogP contribution is 2.19. The molecule has 16 heavy (non-hydrogen) atoms. The summed E-state index contributed by atoms with van der Waals surface area (Å²) in [6.07, 6.45) is 7.08. The van der Waals surface area contributed by atoms with E-state index in [4.69, 9.17) is 11.5 Å². The number of carbonyl (C=O) groups excluding carboxylic acids is 1. The molecule has 0 aliphatic carbocycles. The Kier molecular flexibility index (Phi) is 5.77. The second kappa shape index (κ2) is 6.86. The molecule has 4 N–H and O–H groups in total. The fraction of sp³-hybridized carbons (Fsp3) is 0.917. The fourth-order valence-corrected chi connectivity index (χ4v) is 2.44. The summed E-state index contributed by atoms with van der Waals surface area (Å²) in [6, 6.07) is 0.184. The molecule has 0 saturated carbocycles. The van der Waals surface area contributed by atoms with Crippen LogP contribution in [-0.2, 0) is 4.79 Å². The first-order valence-electron chi connectivity index (χ1n) is 6.44. The van der Waals surface area contributed by atoms with E-state index in [1.54, 1.807) is 0 Å². The smallest absolute Gasteiger partial charge is 0.234 e. The van der Waals surface area contributed by atoms with Gasteiger partial charge in [0.25, 0.3) is 0 Å². The van der Waals surface area contributed by atoms with Gasteiger partial charge in [-0.2, -0.15) is 0 Å². The molecule has 0 spiro atoms. The highest BCUT2D eigenvalue weighted by molar-refractivity contribution is 5.79. The highest BCUT2D eigenvalue weighted by Gasteiger charge is 2.20. The fourth-order valence-electron chi connectivity index (χ4n) is 2.44. The first-order chi connectivity index (χ1) is 7.65. The van der Waals surface area contributed by atoms with Crippen LogP contribution in [0, 0.1) is 0 Å². The van der Waals surface area contributed by atoms with Gasteiger partial charge in [0.15, 0.2) is 0 Å². The molecular weight excluding hydrogens is 202 g/mol. The molecule has 1 aliphatic heterocycles. The Morgan fingerprint density at radius 3 is 2.81 bits per heavy atom. The van der Waals surface area contributed by atoms with E-state index in [0.29, 0.717) is 12.5 Å². The lowest BCUT2D eigenvalue weighted by Gasteiger charge is -2.29. The van der Waals surface area contributed by atoms with E-state index in [0.717, 1.165) is 13.1 Å². The molecule has 1 aliphatic rings. The lowest BCUT2D eigenvalue weighted by atomic mass is 10.1. The van der Waals surface area contributed by atoms with Crippen LogP contribution < -0.4 is 11.5 Å². The van der Waals surface area contributed by atoms with E-state index >= 15 is 0 Å². The third kappa shape index (κ3) is 4.10. The topological polar surface area (TPSA) is 72.3 Å². The van der Waals surface area contributed by atoms with Gasteiger partial charge in [0.05, 0.1) is 6.04 Å². The molecule has 0 aromatic rings. The predicted octanol–water partition coefficient (Wildman–Crippen LogP) is 0.844. The number of nitrogens with zero attached hydrogens (tertiary/aromatic N) is 1. The number of amides is 1. The molecule has 94 valence electrons. The van der Waals surface area contributed by atoms with Crippen molar-refractivity contribution in [3.05, 3.63) is 0 Å². The van der Waals surface area contributed by atoms with Gasteiger partial charge in [-0.05, 0) is 32.2 Å². The number of primary amides is 1. The number of likely N-dealkylation sites (tertiary alicyclic amines) is 1. The van der Waals surface area contributed by atoms with Gasteiger partial charge in [0.2, 0.25) is 5.91 Å². The van der Waals surface area contributed by atoms with Gasteiger partial charge in [-0.1, -0.05) is 19.8 Å². The van der Waals surface area contributed by atoms with Gasteiger partial charge in [-0.25, -0.2) is 0 Å². The lowest BCUT2D eigenvalue weighted by molar-refractivity contribution is -0.119. The van der Waals surface area contributed by atoms with Crippen molar-refractivity contribution < 1.29 is 4.79 Å². The molecule has 2 unspecified atom stereocenters. The largest absolute Gasteiger partial charge is 0.368 e. The number of hydrogen-bond donors (Lipinski definition) is 2. The Labute approximate surface area is 98.3 Å². The van der Waals surface area contributed by atoms with E-state index < -0.39 is 6.04 Å². The van der Waals surface area contributed by atoms with Crippen molar-refractivity contribution in [2.24, 2.45) is 11.5 Å². The maximum atomic E-state index is 10.9. The Bertz CT molecular complexity index is 220. The second-order valence-corrected chi connectivity index (χ2v) is 4.74. The van der Waals surface area contributed by atoms with Gasteiger partial charge in [0.1, 0.15) is 0 Å². The molecule has 1 heterocycles. The van der Waals surface area contributed by atoms with Gasteiger partial charge < -0.3 is 16.4 Å². The number of hydrogen-bond acceptors (Lipinski definition) is 3. The van der Waals surface area contributed by atoms with Crippen LogP contribution in [0.15, 0.2) is 0 Å². The average Bonchev–Trinajstić information content (AvgIpc) is 2.50. The van der Waals surface area contributed by atoms with Gasteiger partial charge in [0, 0.05) is 12.6 Å². The van der Waals surface area contributed by atoms with E-state index in [9.17, 15) is 4.79 Å². The summed E-state index contributed by atoms with van der Waals surface area (Å²) in [7, 11) is 0. The monoisotopic (exact) mass is 227 g/mol. The summed E-state index contributed by atoms with van der Waals surface area (Å²) in [4.78, 5) is 13.4. The zero-order valence-electron chi connectivity index (χ0n) is 10.3. The molecule has 0 aromatic carbocycles. The van der Waals surface area contributed by atoms with E-state index in [1.165, 1.54) is 32.1 Å². The first-order valence-corrected chi connectivity index (χ1v) is 6.44. The van der Waals surface area contributed by atoms with Crippen molar-refractivity contribution >= 4 is 5.91 Å². The van der Waals surface area contributed by atoms with Gasteiger partial charge >= 0.3 is 0 Å². The predicted molar refractivity (Wildman–Crippen MR) is 65.9 cm³/mol. The van der Waals surface area contributed by atoms with Crippen LogP contribution in [0.1, 0.15) is 45.4 Å². The molecular formula is C12H25N3O. The van der Waals surface area contributed by atoms with Crippen molar-refractivity contribution in [2.75, 3.05) is 13.1 Å². The molecule has 1 rings (SSSR count). The van der Waals surface area contributed by atoms with Crippen LogP contribution in [0.5, 0.6) is 0 Å². The molecule has 1 amide bonds. The molecule has 1 fully saturated rings. The minimum atomic E-state index is -0.485. The quantitative estimate of drug-likeness (QED) is 0.731. The zero-order chi connectivity index (χ0) is 12.0. The van der Waals surface area contributed by atoms with Crippen molar-refractivity contribution in [3.63, 3.8) is 0 Å². The maximum Gasteiger partial charge on any atom is 0.234 e. The minimum Gasteiger partial charge on any atom is -0.368 e. The van der Waals surface area contributed by atoms with Crippen LogP contribution >= 0.6 is 0 Å². The molecule has 0 radical (unpaired) electrons. The molecule has 0 bridgehead atoms. The molecule has 4 heteroatoms. The van der Waals surface area contributed by atoms with Crippen LogP contribution in [0.2, 0.25) is 0 Å². The molecule has 1 saturated heterocycles. The standard InChI is InChI=1S/C12H25N3O/c1-2-10-6-4-3-5-8-15(10)9-7-11(13)12(14)16/h10-11H,2-9,13H2,1H3,(H2,14,16). The van der Waals surface area contributed by atoms with Crippen LogP contribution in [-0.4, -0.2) is 36.0 Å². The summed E-state index contributed by atoms with van der Waals surface area (Å²) in [5, 5.41) is 0. The summed E-state index contributed by atoms with van der Waals surface area (Å²) in [6.45, 7) is 4.28. The molecule has 4 nitrogen and oxygen atoms in total. The average molecular weight is 227 g/mol. The van der Waals surface area contributed by atoms with Crippen molar-refractivity contribution in [3.8, 4) is 0 Å². The van der Waals surface area contributed by atoms with E-state index in [2.05, 4.69) is 11.8 Å². The molecule has 2 atom stereocenters. The normalized spacial score (nSPS) is 25.0. The summed E-state index contributed by atoms with van der Waals surface area (Å²) in [5.74, 6) is -0.386. The van der Waals surface area contributed by atoms with E-state index in [1.807, 2.05) is 0 Å². The van der Waals surface area contributed by atoms with Crippen LogP contribution in [0.4, 0.5) is 0 Å². The number of carbonyl (C=O) groups is 1. The number of nitrogens with two attached hydrogens (primary N) is 2. The zero-order valence-corrected chi connectivity index (χ0v) is 10.3. The van der Waals surface area contributed by atoms with Crippen molar-refractivity contribution in [1.29, 1.82) is 0 Å². The van der Waals surface area contributed by atoms with Crippen molar-refractivity contribution in [2.45, 2.75) is 57.5 Å². The minimum absolute atomic E-state index is 0.386. The van der Waals surface area contributed by atoms with Crippen molar-refractivity contribution in [1.82, 2.24) is 4.90 Å². The summed E-state index contributed by atoms with van der Waals surface area (Å²) < 4.78 is 0. The van der Waals surface area contributed by atoms with E-state index in [-0.39, 0.29) is 5.91 Å². The Morgan fingerprint density at radius 1 is 1.44 bits per heavy atom. The maximum absolute atomic E-state index is 10.9. The Morgan fingerprint density at radius 2 is 2.19 bits per heavy atom. The Balaban J connectivity index is 2.39. The Hall–Kier alpha value is -0.610. The highest BCUT2D eigenvalue weighted by atomic mass is 16.1. The van der Waals surface area contributed by atoms with Gasteiger partial charge in [-0.15, -0.1) is 0 Å². The molecule has 0 aromatic heterocycles. The summed E-state index contributed by atoms with van der Waals surface area (Å²) in [5.41, 5.74) is 10.8. The number of rotatable bonds is 5. The first kappa shape index (κ1) is 13.5. The van der Waals surface area contributed by atoms with Crippen LogP contribution in [0.25, 0.3) is 0 Å². The van der Waals surface area contributed by atoms with Gasteiger partial charge in [-0.3, -0.25) is 4.79 Å². The third-order valence-corrected chi connectivity index (χ3v) is 3.56. The lowest BCUT2D eigenvalue weighted by Crippen LogP contribution is -2.42.